The SMILES string of the molecule is CC1(C)[C@H](O)CC[C@]2(C)[C@H]3C(=O)C=C4[C@@](C)(CC[C@@]5(C)CC[C@](O)(C(=O)O)C[C@]45O)[C@]3(C)CC[C@@H]12. The number of hydrogen-bond acceptors (Lipinski definition) is 5. The highest BCUT2D eigenvalue weighted by atomic mass is 16.4. The Morgan fingerprint density at radius 1 is 0.914 bits per heavy atom. The van der Waals surface area contributed by atoms with E-state index in [9.17, 15) is 30.0 Å². The van der Waals surface area contributed by atoms with Gasteiger partial charge in [0, 0.05) is 17.8 Å². The first kappa shape index (κ1) is 25.4. The molecular weight excluding hydrogens is 444 g/mol. The Bertz CT molecular complexity index is 1020. The lowest BCUT2D eigenvalue weighted by molar-refractivity contribution is -0.226. The molecule has 196 valence electrons. The van der Waals surface area contributed by atoms with Gasteiger partial charge in [0.1, 0.15) is 0 Å². The van der Waals surface area contributed by atoms with Crippen LogP contribution in [0.15, 0.2) is 11.6 Å². The van der Waals surface area contributed by atoms with Crippen molar-refractivity contribution in [3.63, 3.8) is 0 Å². The smallest absolute Gasteiger partial charge is 0.335 e. The number of fused-ring (bicyclic) bond motifs is 7. The van der Waals surface area contributed by atoms with Crippen LogP contribution in [0.1, 0.15) is 99.3 Å². The van der Waals surface area contributed by atoms with Crippen molar-refractivity contribution in [1.29, 1.82) is 0 Å². The summed E-state index contributed by atoms with van der Waals surface area (Å²) in [4.78, 5) is 26.2. The van der Waals surface area contributed by atoms with E-state index >= 15 is 0 Å². The first-order valence-electron chi connectivity index (χ1n) is 13.5. The van der Waals surface area contributed by atoms with E-state index in [1.54, 1.807) is 6.08 Å². The molecule has 0 unspecified atom stereocenters. The second-order valence-electron chi connectivity index (χ2n) is 14.6. The van der Waals surface area contributed by atoms with E-state index in [0.717, 1.165) is 32.1 Å². The number of carboxylic acids is 1. The fourth-order valence-corrected chi connectivity index (χ4v) is 10.2. The van der Waals surface area contributed by atoms with Gasteiger partial charge in [-0.2, -0.15) is 0 Å². The van der Waals surface area contributed by atoms with Crippen LogP contribution in [0.3, 0.4) is 0 Å². The highest BCUT2D eigenvalue weighted by Gasteiger charge is 2.73. The van der Waals surface area contributed by atoms with E-state index in [1.165, 1.54) is 0 Å². The van der Waals surface area contributed by atoms with E-state index in [2.05, 4.69) is 34.6 Å². The summed E-state index contributed by atoms with van der Waals surface area (Å²) >= 11 is 0. The molecule has 0 amide bonds. The normalized spacial score (nSPS) is 55.1. The van der Waals surface area contributed by atoms with Gasteiger partial charge in [-0.3, -0.25) is 4.79 Å². The maximum absolute atomic E-state index is 14.2. The third-order valence-electron chi connectivity index (χ3n) is 12.8. The zero-order valence-corrected chi connectivity index (χ0v) is 22.3. The van der Waals surface area contributed by atoms with Crippen molar-refractivity contribution in [3.8, 4) is 0 Å². The summed E-state index contributed by atoms with van der Waals surface area (Å²) in [5.41, 5.74) is -4.88. The van der Waals surface area contributed by atoms with Gasteiger partial charge in [0.05, 0.1) is 11.7 Å². The Labute approximate surface area is 209 Å². The monoisotopic (exact) mass is 488 g/mol. The molecule has 6 heteroatoms. The van der Waals surface area contributed by atoms with Crippen LogP contribution in [0.4, 0.5) is 0 Å². The third kappa shape index (κ3) is 2.82. The molecule has 4 fully saturated rings. The van der Waals surface area contributed by atoms with Crippen LogP contribution < -0.4 is 0 Å². The molecule has 0 aromatic carbocycles. The lowest BCUT2D eigenvalue weighted by atomic mass is 9.33. The summed E-state index contributed by atoms with van der Waals surface area (Å²) in [7, 11) is 0. The largest absolute Gasteiger partial charge is 0.479 e. The van der Waals surface area contributed by atoms with Gasteiger partial charge in [-0.25, -0.2) is 4.79 Å². The molecule has 0 radical (unpaired) electrons. The molecule has 5 aliphatic rings. The first-order valence-corrected chi connectivity index (χ1v) is 13.5. The van der Waals surface area contributed by atoms with Gasteiger partial charge in [-0.1, -0.05) is 41.5 Å². The third-order valence-corrected chi connectivity index (χ3v) is 12.8. The molecule has 4 N–H and O–H groups in total. The van der Waals surface area contributed by atoms with Crippen LogP contribution in [-0.4, -0.2) is 49.5 Å². The molecule has 9 atom stereocenters. The fraction of sp³-hybridized carbons (Fsp3) is 0.862. The number of aliphatic hydroxyl groups excluding tert-OH is 1. The summed E-state index contributed by atoms with van der Waals surface area (Å²) in [5.74, 6) is -1.27. The minimum Gasteiger partial charge on any atom is -0.479 e. The molecule has 0 heterocycles. The summed E-state index contributed by atoms with van der Waals surface area (Å²) in [6, 6.07) is 0. The van der Waals surface area contributed by atoms with Crippen molar-refractivity contribution in [2.24, 2.45) is 38.9 Å². The van der Waals surface area contributed by atoms with E-state index < -0.39 is 33.4 Å². The summed E-state index contributed by atoms with van der Waals surface area (Å²) in [6.07, 6.45) is 6.30. The van der Waals surface area contributed by atoms with Crippen LogP contribution in [0.2, 0.25) is 0 Å². The fourth-order valence-electron chi connectivity index (χ4n) is 10.2. The second kappa shape index (κ2) is 6.99. The zero-order chi connectivity index (χ0) is 26.0. The van der Waals surface area contributed by atoms with Crippen LogP contribution >= 0.6 is 0 Å². The van der Waals surface area contributed by atoms with Gasteiger partial charge >= 0.3 is 5.97 Å². The molecule has 0 saturated heterocycles. The molecule has 4 saturated carbocycles. The predicted molar refractivity (Wildman–Crippen MR) is 131 cm³/mol. The van der Waals surface area contributed by atoms with E-state index in [4.69, 9.17) is 0 Å². The highest BCUT2D eigenvalue weighted by molar-refractivity contribution is 5.96. The van der Waals surface area contributed by atoms with Crippen molar-refractivity contribution in [3.05, 3.63) is 11.6 Å². The number of aliphatic carboxylic acids is 1. The van der Waals surface area contributed by atoms with Gasteiger partial charge in [0.2, 0.25) is 0 Å². The van der Waals surface area contributed by atoms with Gasteiger partial charge < -0.3 is 20.4 Å². The Balaban J connectivity index is 1.66. The van der Waals surface area contributed by atoms with E-state index in [1.807, 2.05) is 6.92 Å². The average Bonchev–Trinajstić information content (AvgIpc) is 2.74. The molecule has 0 spiro atoms. The van der Waals surface area contributed by atoms with Crippen LogP contribution in [0.25, 0.3) is 0 Å². The quantitative estimate of drug-likeness (QED) is 0.439. The van der Waals surface area contributed by atoms with Crippen molar-refractivity contribution in [1.82, 2.24) is 0 Å². The van der Waals surface area contributed by atoms with Crippen molar-refractivity contribution >= 4 is 11.8 Å². The minimum atomic E-state index is -2.00. The van der Waals surface area contributed by atoms with Crippen LogP contribution in [0, 0.1) is 38.9 Å². The van der Waals surface area contributed by atoms with Crippen molar-refractivity contribution < 1.29 is 30.0 Å². The highest BCUT2D eigenvalue weighted by Crippen LogP contribution is 2.75. The van der Waals surface area contributed by atoms with Gasteiger partial charge in [0.25, 0.3) is 0 Å². The topological polar surface area (TPSA) is 115 Å². The maximum Gasteiger partial charge on any atom is 0.335 e. The molecule has 0 aromatic rings. The first-order chi connectivity index (χ1) is 15.9. The standard InChI is InChI=1S/C29H44O6/c1-23(2)18-7-10-27(6)21(25(18,4)9-8-20(23)31)17(30)15-19-26(27,5)13-11-24(3)12-14-28(34,22(32)33)16-29(19,24)35/h15,18,20-21,31,34-35H,7-14,16H2,1-6H3,(H,32,33)/t18-,20+,21+,24-,25-,26+,27+,28+,29-/m0/s1. The molecule has 6 nitrogen and oxygen atoms in total. The number of hydrogen-bond donors (Lipinski definition) is 4. The molecule has 35 heavy (non-hydrogen) atoms. The zero-order valence-electron chi connectivity index (χ0n) is 22.3. The number of aliphatic hydroxyl groups is 3. The lowest BCUT2D eigenvalue weighted by Gasteiger charge is -2.71. The number of carboxylic acid groups (broad SMARTS) is 1. The maximum atomic E-state index is 14.2. The lowest BCUT2D eigenvalue weighted by Crippen LogP contribution is -2.70. The Morgan fingerprint density at radius 3 is 2.17 bits per heavy atom. The molecule has 0 aliphatic heterocycles. The van der Waals surface area contributed by atoms with Crippen LogP contribution in [0.5, 0.6) is 0 Å². The summed E-state index contributed by atoms with van der Waals surface area (Å²) in [6.45, 7) is 12.9. The molecule has 5 aliphatic carbocycles. The summed E-state index contributed by atoms with van der Waals surface area (Å²) < 4.78 is 0. The average molecular weight is 489 g/mol. The number of carbonyl (C=O) groups is 2. The van der Waals surface area contributed by atoms with Crippen LogP contribution in [-0.2, 0) is 9.59 Å². The number of rotatable bonds is 1. The van der Waals surface area contributed by atoms with Crippen molar-refractivity contribution in [2.45, 2.75) is 117 Å². The minimum absolute atomic E-state index is 0.0291. The van der Waals surface area contributed by atoms with Gasteiger partial charge in [-0.05, 0) is 90.6 Å². The Morgan fingerprint density at radius 2 is 1.54 bits per heavy atom. The van der Waals surface area contributed by atoms with Crippen molar-refractivity contribution in [2.75, 3.05) is 0 Å². The predicted octanol–water partition coefficient (Wildman–Crippen LogP) is 4.25. The Kier molecular flexibility index (Phi) is 5.07. The molecule has 5 rings (SSSR count). The Hall–Kier alpha value is -1.24. The second-order valence-corrected chi connectivity index (χ2v) is 14.6. The molecule has 0 bridgehead atoms. The summed E-state index contributed by atoms with van der Waals surface area (Å²) in [5, 5.41) is 44.0. The van der Waals surface area contributed by atoms with Gasteiger partial charge in [-0.15, -0.1) is 0 Å². The van der Waals surface area contributed by atoms with Gasteiger partial charge in [0.15, 0.2) is 11.4 Å². The number of allylic oxidation sites excluding steroid dienone is 1. The molecular formula is C29H44O6. The molecule has 0 aromatic heterocycles. The van der Waals surface area contributed by atoms with E-state index in [-0.39, 0.29) is 47.4 Å². The number of carbonyl (C=O) groups excluding carboxylic acids is 1. The van der Waals surface area contributed by atoms with E-state index in [0.29, 0.717) is 18.4 Å². The number of ketones is 1.